The molecule has 10 nitrogen and oxygen atoms in total. The molecule has 1 unspecified atom stereocenters. The van der Waals surface area contributed by atoms with Crippen molar-refractivity contribution in [2.75, 3.05) is 47.8 Å². The van der Waals surface area contributed by atoms with E-state index in [9.17, 15) is 14.4 Å². The third kappa shape index (κ3) is 6.68. The summed E-state index contributed by atoms with van der Waals surface area (Å²) in [7, 11) is 0. The molecule has 10 heteroatoms. The normalized spacial score (nSPS) is 13.7. The van der Waals surface area contributed by atoms with E-state index in [-0.39, 0.29) is 6.09 Å². The zero-order valence-electron chi connectivity index (χ0n) is 20.6. The van der Waals surface area contributed by atoms with Gasteiger partial charge in [0, 0.05) is 32.7 Å². The summed E-state index contributed by atoms with van der Waals surface area (Å²) >= 11 is 0. The van der Waals surface area contributed by atoms with E-state index in [1.54, 1.807) is 23.2 Å². The van der Waals surface area contributed by atoms with Crippen LogP contribution < -0.4 is 19.9 Å². The first-order chi connectivity index (χ1) is 17.0. The molecule has 1 aliphatic heterocycles. The molecule has 188 valence electrons. The number of amides is 2. The fourth-order valence-electron chi connectivity index (χ4n) is 3.96. The molecule has 0 spiro atoms. The Morgan fingerprint density at radius 2 is 1.80 bits per heavy atom. The highest BCUT2D eigenvalue weighted by atomic mass is 16.6. The molecule has 0 bridgehead atoms. The van der Waals surface area contributed by atoms with Gasteiger partial charge in [-0.25, -0.2) is 9.78 Å². The summed E-state index contributed by atoms with van der Waals surface area (Å²) < 4.78 is 5.45. The van der Waals surface area contributed by atoms with Crippen molar-refractivity contribution in [3.8, 4) is 5.75 Å². The number of aldehydes is 1. The molecule has 1 aromatic carbocycles. The van der Waals surface area contributed by atoms with Gasteiger partial charge in [0.15, 0.2) is 5.82 Å². The predicted molar refractivity (Wildman–Crippen MR) is 135 cm³/mol. The lowest BCUT2D eigenvalue weighted by atomic mass is 10.1. The number of benzene rings is 1. The van der Waals surface area contributed by atoms with Crippen LogP contribution >= 0.6 is 0 Å². The highest BCUT2D eigenvalue weighted by Gasteiger charge is 2.21. The van der Waals surface area contributed by atoms with Gasteiger partial charge < -0.3 is 29.5 Å². The Morgan fingerprint density at radius 1 is 1.11 bits per heavy atom. The highest BCUT2D eigenvalue weighted by molar-refractivity contribution is 5.83. The van der Waals surface area contributed by atoms with Crippen molar-refractivity contribution in [1.82, 2.24) is 14.9 Å². The molecule has 0 aliphatic carbocycles. The number of ether oxygens (including phenoxy) is 1. The minimum Gasteiger partial charge on any atom is -0.410 e. The van der Waals surface area contributed by atoms with Crippen LogP contribution in [0.5, 0.6) is 5.75 Å². The third-order valence-electron chi connectivity index (χ3n) is 6.02. The van der Waals surface area contributed by atoms with Gasteiger partial charge in [0.1, 0.15) is 17.7 Å². The minimum atomic E-state index is -0.587. The van der Waals surface area contributed by atoms with Crippen molar-refractivity contribution in [3.05, 3.63) is 36.0 Å². The standard InChI is InChI=1S/C25H34N6O4/c1-4-29(5-2)24-26-16-22(30(6-3)18-33)23(28-24)27-20(17-32)15-19-9-11-21(12-10-19)35-25(34)31-13-7-8-14-31/h9-12,16-18,20H,4-8,13-15H2,1-3H3,(H,26,27,28). The summed E-state index contributed by atoms with van der Waals surface area (Å²) in [4.78, 5) is 49.9. The number of anilines is 3. The van der Waals surface area contributed by atoms with Gasteiger partial charge in [-0.2, -0.15) is 4.98 Å². The van der Waals surface area contributed by atoms with Crippen molar-refractivity contribution < 1.29 is 19.1 Å². The SMILES string of the molecule is CCN(C=O)c1cnc(N(CC)CC)nc1NC(C=O)Cc1ccc(OC(=O)N2CCCC2)cc1. The molecule has 1 aromatic heterocycles. The molecule has 2 aromatic rings. The van der Waals surface area contributed by atoms with E-state index in [0.717, 1.165) is 57.3 Å². The topological polar surface area (TPSA) is 108 Å². The molecule has 1 fully saturated rings. The van der Waals surface area contributed by atoms with Gasteiger partial charge in [-0.1, -0.05) is 12.1 Å². The number of nitrogens with one attached hydrogen (secondary N) is 1. The lowest BCUT2D eigenvalue weighted by Gasteiger charge is -2.24. The number of likely N-dealkylation sites (tertiary alicyclic amines) is 1. The Kier molecular flexibility index (Phi) is 9.39. The smallest absolute Gasteiger partial charge is 0.410 e. The van der Waals surface area contributed by atoms with Crippen LogP contribution in [0.4, 0.5) is 22.2 Å². The van der Waals surface area contributed by atoms with Crippen molar-refractivity contribution in [3.63, 3.8) is 0 Å². The van der Waals surface area contributed by atoms with Crippen LogP contribution in [-0.4, -0.2) is 72.4 Å². The van der Waals surface area contributed by atoms with E-state index in [1.165, 1.54) is 4.90 Å². The first-order valence-corrected chi connectivity index (χ1v) is 12.1. The Morgan fingerprint density at radius 3 is 2.37 bits per heavy atom. The third-order valence-corrected chi connectivity index (χ3v) is 6.02. The molecule has 0 radical (unpaired) electrons. The van der Waals surface area contributed by atoms with Gasteiger partial charge in [0.25, 0.3) is 0 Å². The zero-order chi connectivity index (χ0) is 25.2. The van der Waals surface area contributed by atoms with E-state index in [1.807, 2.05) is 37.8 Å². The Bertz CT molecular complexity index is 990. The van der Waals surface area contributed by atoms with E-state index in [4.69, 9.17) is 4.74 Å². The van der Waals surface area contributed by atoms with Crippen LogP contribution in [0.1, 0.15) is 39.2 Å². The number of hydrogen-bond acceptors (Lipinski definition) is 8. The van der Waals surface area contributed by atoms with E-state index in [0.29, 0.717) is 36.2 Å². The van der Waals surface area contributed by atoms with Gasteiger partial charge in [-0.15, -0.1) is 0 Å². The molecule has 2 amide bonds. The summed E-state index contributed by atoms with van der Waals surface area (Å²) in [6.45, 7) is 9.23. The number of aromatic nitrogens is 2. The van der Waals surface area contributed by atoms with Crippen molar-refractivity contribution in [2.24, 2.45) is 0 Å². The van der Waals surface area contributed by atoms with E-state index < -0.39 is 6.04 Å². The second-order valence-corrected chi connectivity index (χ2v) is 8.26. The first-order valence-electron chi connectivity index (χ1n) is 12.1. The summed E-state index contributed by atoms with van der Waals surface area (Å²) in [5.41, 5.74) is 1.40. The van der Waals surface area contributed by atoms with Crippen molar-refractivity contribution in [2.45, 2.75) is 46.1 Å². The quantitative estimate of drug-likeness (QED) is 0.460. The molecule has 1 saturated heterocycles. The molecule has 1 aliphatic rings. The fourth-order valence-corrected chi connectivity index (χ4v) is 3.96. The Balaban J connectivity index is 1.74. The van der Waals surface area contributed by atoms with Crippen LogP contribution in [0.2, 0.25) is 0 Å². The largest absolute Gasteiger partial charge is 0.415 e. The molecule has 0 saturated carbocycles. The maximum atomic E-state index is 12.2. The van der Waals surface area contributed by atoms with Crippen LogP contribution in [0.25, 0.3) is 0 Å². The summed E-state index contributed by atoms with van der Waals surface area (Å²) in [5, 5.41) is 3.18. The van der Waals surface area contributed by atoms with Crippen molar-refractivity contribution in [1.29, 1.82) is 0 Å². The van der Waals surface area contributed by atoms with Gasteiger partial charge in [0.2, 0.25) is 12.4 Å². The number of carbonyl (C=O) groups is 3. The Labute approximate surface area is 206 Å². The van der Waals surface area contributed by atoms with Gasteiger partial charge in [0.05, 0.1) is 12.2 Å². The molecule has 35 heavy (non-hydrogen) atoms. The molecule has 2 heterocycles. The van der Waals surface area contributed by atoms with Crippen molar-refractivity contribution >= 4 is 36.2 Å². The van der Waals surface area contributed by atoms with Gasteiger partial charge in [-0.05, 0) is 57.7 Å². The lowest BCUT2D eigenvalue weighted by Crippen LogP contribution is -2.30. The van der Waals surface area contributed by atoms with Crippen LogP contribution in [0.15, 0.2) is 30.5 Å². The maximum absolute atomic E-state index is 12.2. The average Bonchev–Trinajstić information content (AvgIpc) is 3.42. The first kappa shape index (κ1) is 25.9. The number of rotatable bonds is 12. The number of carbonyl (C=O) groups excluding carboxylic acids is 3. The molecule has 3 rings (SSSR count). The number of hydrogen-bond donors (Lipinski definition) is 1. The minimum absolute atomic E-state index is 0.335. The van der Waals surface area contributed by atoms with Gasteiger partial charge >= 0.3 is 6.09 Å². The molecule has 1 N–H and O–H groups in total. The summed E-state index contributed by atoms with van der Waals surface area (Å²) in [6, 6.07) is 6.53. The summed E-state index contributed by atoms with van der Waals surface area (Å²) in [5.74, 6) is 1.41. The second kappa shape index (κ2) is 12.7. The second-order valence-electron chi connectivity index (χ2n) is 8.26. The van der Waals surface area contributed by atoms with Crippen LogP contribution in [-0.2, 0) is 16.0 Å². The van der Waals surface area contributed by atoms with Crippen LogP contribution in [0.3, 0.4) is 0 Å². The highest BCUT2D eigenvalue weighted by Crippen LogP contribution is 2.26. The summed E-state index contributed by atoms with van der Waals surface area (Å²) in [6.07, 6.45) is 5.20. The van der Waals surface area contributed by atoms with Crippen LogP contribution in [0, 0.1) is 0 Å². The monoisotopic (exact) mass is 482 g/mol. The number of nitrogens with zero attached hydrogens (tertiary/aromatic N) is 5. The van der Waals surface area contributed by atoms with E-state index in [2.05, 4.69) is 15.3 Å². The maximum Gasteiger partial charge on any atom is 0.415 e. The molecular formula is C25H34N6O4. The van der Waals surface area contributed by atoms with E-state index >= 15 is 0 Å². The zero-order valence-corrected chi connectivity index (χ0v) is 20.6. The molecule has 1 atom stereocenters. The lowest BCUT2D eigenvalue weighted by molar-refractivity contribution is -0.108. The Hall–Kier alpha value is -3.69. The van der Waals surface area contributed by atoms with Gasteiger partial charge in [-0.3, -0.25) is 4.79 Å². The molecular weight excluding hydrogens is 448 g/mol. The predicted octanol–water partition coefficient (Wildman–Crippen LogP) is 3.12. The fraction of sp³-hybridized carbons (Fsp3) is 0.480. The average molecular weight is 483 g/mol.